The van der Waals surface area contributed by atoms with E-state index in [-0.39, 0.29) is 5.60 Å². The van der Waals surface area contributed by atoms with E-state index in [1.807, 2.05) is 0 Å². The fraction of sp³-hybridized carbons (Fsp3) is 0.867. The predicted molar refractivity (Wildman–Crippen MR) is 66.3 cm³/mol. The molecule has 0 N–H and O–H groups in total. The van der Waals surface area contributed by atoms with Crippen LogP contribution < -0.4 is 0 Å². The average Bonchev–Trinajstić information content (AvgIpc) is 2.82. The minimum absolute atomic E-state index is 0.223. The molecule has 1 nitrogen and oxygen atoms in total. The summed E-state index contributed by atoms with van der Waals surface area (Å²) in [6, 6.07) is 0. The topological polar surface area (TPSA) is 12.5 Å². The smallest absolute Gasteiger partial charge is 0.0920 e. The molecule has 1 aliphatic heterocycles. The third-order valence-corrected chi connectivity index (χ3v) is 5.47. The van der Waals surface area contributed by atoms with Crippen LogP contribution in [0.4, 0.5) is 0 Å². The number of allylic oxidation sites excluding steroid dienone is 1. The molecule has 0 bridgehead atoms. The molecular formula is C15H24O. The van der Waals surface area contributed by atoms with Crippen LogP contribution in [0.1, 0.15) is 52.9 Å². The van der Waals surface area contributed by atoms with Crippen LogP contribution in [0.5, 0.6) is 0 Å². The van der Waals surface area contributed by atoms with E-state index < -0.39 is 0 Å². The Morgan fingerprint density at radius 1 is 1.25 bits per heavy atom. The molecule has 3 aliphatic rings. The summed E-state index contributed by atoms with van der Waals surface area (Å²) in [6.45, 7) is 11.5. The molecule has 1 heteroatoms. The third-order valence-electron chi connectivity index (χ3n) is 5.47. The van der Waals surface area contributed by atoms with Gasteiger partial charge in [0.15, 0.2) is 0 Å². The van der Waals surface area contributed by atoms with Crippen molar-refractivity contribution >= 4 is 0 Å². The van der Waals surface area contributed by atoms with Crippen LogP contribution in [0.25, 0.3) is 0 Å². The van der Waals surface area contributed by atoms with Crippen molar-refractivity contribution in [1.29, 1.82) is 0 Å². The van der Waals surface area contributed by atoms with E-state index in [1.54, 1.807) is 0 Å². The summed E-state index contributed by atoms with van der Waals surface area (Å²) in [4.78, 5) is 0. The minimum atomic E-state index is 0.223. The molecule has 0 amide bonds. The first-order chi connectivity index (χ1) is 7.42. The van der Waals surface area contributed by atoms with Crippen LogP contribution in [-0.4, -0.2) is 11.7 Å². The van der Waals surface area contributed by atoms with E-state index in [9.17, 15) is 0 Å². The standard InChI is InChI=1S/C15H24O/c1-10-5-6-13-15(4,16-13)8-7-12-11(10)9-14(12,2)3/h11-13H,1,5-9H2,2-4H3/t11?,12-,13?,15?/m1/s1. The Morgan fingerprint density at radius 2 is 2.00 bits per heavy atom. The molecule has 90 valence electrons. The van der Waals surface area contributed by atoms with Gasteiger partial charge >= 0.3 is 0 Å². The van der Waals surface area contributed by atoms with Crippen LogP contribution in [0.3, 0.4) is 0 Å². The molecule has 0 aromatic rings. The number of fused-ring (bicyclic) bond motifs is 2. The summed E-state index contributed by atoms with van der Waals surface area (Å²) >= 11 is 0. The molecular weight excluding hydrogens is 196 g/mol. The number of rotatable bonds is 0. The molecule has 2 saturated carbocycles. The first-order valence-corrected chi connectivity index (χ1v) is 6.78. The van der Waals surface area contributed by atoms with Crippen molar-refractivity contribution in [2.45, 2.75) is 64.6 Å². The molecule has 1 heterocycles. The van der Waals surface area contributed by atoms with Gasteiger partial charge in [-0.3, -0.25) is 0 Å². The zero-order valence-electron chi connectivity index (χ0n) is 10.9. The van der Waals surface area contributed by atoms with Gasteiger partial charge in [-0.25, -0.2) is 0 Å². The lowest BCUT2D eigenvalue weighted by molar-refractivity contribution is -0.00211. The van der Waals surface area contributed by atoms with Gasteiger partial charge in [-0.15, -0.1) is 0 Å². The third kappa shape index (κ3) is 1.48. The van der Waals surface area contributed by atoms with Gasteiger partial charge in [0.05, 0.1) is 11.7 Å². The molecule has 0 spiro atoms. The lowest BCUT2D eigenvalue weighted by Gasteiger charge is -2.53. The van der Waals surface area contributed by atoms with Gasteiger partial charge in [-0.05, 0) is 56.3 Å². The van der Waals surface area contributed by atoms with Crippen molar-refractivity contribution in [1.82, 2.24) is 0 Å². The molecule has 0 aromatic carbocycles. The van der Waals surface area contributed by atoms with Crippen LogP contribution in [-0.2, 0) is 4.74 Å². The summed E-state index contributed by atoms with van der Waals surface area (Å²) in [6.07, 6.45) is 6.89. The molecule has 2 aliphatic carbocycles. The minimum Gasteiger partial charge on any atom is -0.366 e. The van der Waals surface area contributed by atoms with Crippen LogP contribution in [0, 0.1) is 17.3 Å². The van der Waals surface area contributed by atoms with Crippen molar-refractivity contribution in [2.24, 2.45) is 17.3 Å². The summed E-state index contributed by atoms with van der Waals surface area (Å²) in [5, 5.41) is 0. The fourth-order valence-corrected chi connectivity index (χ4v) is 4.08. The van der Waals surface area contributed by atoms with Gasteiger partial charge in [0.25, 0.3) is 0 Å². The second-order valence-corrected chi connectivity index (χ2v) is 7.06. The average molecular weight is 220 g/mol. The molecule has 16 heavy (non-hydrogen) atoms. The van der Waals surface area contributed by atoms with Gasteiger partial charge in [-0.2, -0.15) is 0 Å². The van der Waals surface area contributed by atoms with Gasteiger partial charge in [0.2, 0.25) is 0 Å². The monoisotopic (exact) mass is 220 g/mol. The molecule has 0 radical (unpaired) electrons. The highest BCUT2D eigenvalue weighted by Crippen LogP contribution is 2.59. The summed E-state index contributed by atoms with van der Waals surface area (Å²) in [7, 11) is 0. The lowest BCUT2D eigenvalue weighted by Crippen LogP contribution is -2.44. The van der Waals surface area contributed by atoms with E-state index >= 15 is 0 Å². The first kappa shape index (κ1) is 10.8. The quantitative estimate of drug-likeness (QED) is 0.445. The van der Waals surface area contributed by atoms with Crippen molar-refractivity contribution in [3.8, 4) is 0 Å². The van der Waals surface area contributed by atoms with Crippen LogP contribution in [0.15, 0.2) is 12.2 Å². The van der Waals surface area contributed by atoms with Gasteiger partial charge in [0.1, 0.15) is 0 Å². The number of ether oxygens (including phenoxy) is 1. The van der Waals surface area contributed by atoms with Gasteiger partial charge < -0.3 is 4.74 Å². The maximum Gasteiger partial charge on any atom is 0.0920 e. The molecule has 3 unspecified atom stereocenters. The maximum atomic E-state index is 5.86. The van der Waals surface area contributed by atoms with Crippen LogP contribution in [0.2, 0.25) is 0 Å². The Morgan fingerprint density at radius 3 is 2.69 bits per heavy atom. The van der Waals surface area contributed by atoms with Crippen molar-refractivity contribution in [3.63, 3.8) is 0 Å². The Kier molecular flexibility index (Phi) is 2.12. The molecule has 3 rings (SSSR count). The highest BCUT2D eigenvalue weighted by atomic mass is 16.6. The van der Waals surface area contributed by atoms with Crippen molar-refractivity contribution in [2.75, 3.05) is 0 Å². The highest BCUT2D eigenvalue weighted by molar-refractivity contribution is 5.16. The van der Waals surface area contributed by atoms with Gasteiger partial charge in [-0.1, -0.05) is 26.0 Å². The summed E-state index contributed by atoms with van der Waals surface area (Å²) in [5.41, 5.74) is 2.27. The van der Waals surface area contributed by atoms with Gasteiger partial charge in [0, 0.05) is 0 Å². The fourth-order valence-electron chi connectivity index (χ4n) is 4.08. The second kappa shape index (κ2) is 3.13. The van der Waals surface area contributed by atoms with Crippen molar-refractivity contribution in [3.05, 3.63) is 12.2 Å². The largest absolute Gasteiger partial charge is 0.366 e. The van der Waals surface area contributed by atoms with Crippen LogP contribution >= 0.6 is 0 Å². The number of hydrogen-bond acceptors (Lipinski definition) is 1. The molecule has 0 aromatic heterocycles. The Hall–Kier alpha value is -0.300. The normalized spacial score (nSPS) is 50.2. The van der Waals surface area contributed by atoms with E-state index in [1.165, 1.54) is 37.7 Å². The number of epoxide rings is 1. The summed E-state index contributed by atoms with van der Waals surface area (Å²) < 4.78 is 5.86. The molecule has 1 saturated heterocycles. The lowest BCUT2D eigenvalue weighted by atomic mass is 9.52. The molecule has 4 atom stereocenters. The maximum absolute atomic E-state index is 5.86. The first-order valence-electron chi connectivity index (χ1n) is 6.78. The van der Waals surface area contributed by atoms with E-state index in [2.05, 4.69) is 27.4 Å². The predicted octanol–water partition coefficient (Wildman–Crippen LogP) is 3.94. The van der Waals surface area contributed by atoms with E-state index in [4.69, 9.17) is 4.74 Å². The zero-order chi connectivity index (χ0) is 11.6. The zero-order valence-corrected chi connectivity index (χ0v) is 10.9. The number of hydrogen-bond donors (Lipinski definition) is 0. The Bertz CT molecular complexity index is 330. The Labute approximate surface area is 99.3 Å². The van der Waals surface area contributed by atoms with Crippen molar-refractivity contribution < 1.29 is 4.74 Å². The molecule has 3 fully saturated rings. The Balaban J connectivity index is 1.78. The highest BCUT2D eigenvalue weighted by Gasteiger charge is 2.55. The van der Waals surface area contributed by atoms with E-state index in [0.29, 0.717) is 11.5 Å². The van der Waals surface area contributed by atoms with E-state index in [0.717, 1.165) is 11.8 Å². The summed E-state index contributed by atoms with van der Waals surface area (Å²) in [5.74, 6) is 1.68. The SMILES string of the molecule is C=C1CCC2OC2(C)CC[C@@H]2C1CC2(C)C. The second-order valence-electron chi connectivity index (χ2n) is 7.06.